The van der Waals surface area contributed by atoms with Gasteiger partial charge in [-0.2, -0.15) is 4.31 Å². The van der Waals surface area contributed by atoms with E-state index in [0.29, 0.717) is 30.5 Å². The fourth-order valence-corrected chi connectivity index (χ4v) is 4.71. The highest BCUT2D eigenvalue weighted by Crippen LogP contribution is 2.27. The third-order valence-electron chi connectivity index (χ3n) is 4.21. The van der Waals surface area contributed by atoms with Gasteiger partial charge in [-0.25, -0.2) is 8.42 Å². The van der Waals surface area contributed by atoms with E-state index < -0.39 is 10.0 Å². The number of hydrogen-bond donors (Lipinski definition) is 0. The Bertz CT molecular complexity index is 746. The van der Waals surface area contributed by atoms with E-state index in [0.717, 1.165) is 23.8 Å². The van der Waals surface area contributed by atoms with Crippen LogP contribution in [0.4, 0.5) is 0 Å². The summed E-state index contributed by atoms with van der Waals surface area (Å²) < 4.78 is 33.0. The Kier molecular flexibility index (Phi) is 4.47. The van der Waals surface area contributed by atoms with Gasteiger partial charge in [0.25, 0.3) is 0 Å². The fourth-order valence-electron chi connectivity index (χ4n) is 2.97. The van der Waals surface area contributed by atoms with E-state index in [-0.39, 0.29) is 0 Å². The zero-order valence-corrected chi connectivity index (χ0v) is 13.6. The van der Waals surface area contributed by atoms with Crippen molar-refractivity contribution in [2.45, 2.75) is 18.2 Å². The van der Waals surface area contributed by atoms with Gasteiger partial charge in [-0.1, -0.05) is 43.3 Å². The molecule has 1 aliphatic rings. The number of benzene rings is 2. The first-order valence-corrected chi connectivity index (χ1v) is 9.12. The second-order valence-electron chi connectivity index (χ2n) is 5.66. The van der Waals surface area contributed by atoms with Crippen LogP contribution in [0.1, 0.15) is 13.3 Å². The van der Waals surface area contributed by atoms with Gasteiger partial charge < -0.3 is 4.74 Å². The molecule has 1 unspecified atom stereocenters. The molecule has 5 heteroatoms. The van der Waals surface area contributed by atoms with Crippen LogP contribution in [0.5, 0.6) is 0 Å². The summed E-state index contributed by atoms with van der Waals surface area (Å²) in [5.41, 5.74) is 0. The largest absolute Gasteiger partial charge is 0.381 e. The molecule has 4 nitrogen and oxygen atoms in total. The topological polar surface area (TPSA) is 46.6 Å². The first-order chi connectivity index (χ1) is 10.6. The molecule has 2 aromatic rings. The van der Waals surface area contributed by atoms with Crippen molar-refractivity contribution in [2.24, 2.45) is 5.92 Å². The van der Waals surface area contributed by atoms with Crippen LogP contribution in [-0.4, -0.2) is 39.0 Å². The predicted molar refractivity (Wildman–Crippen MR) is 87.3 cm³/mol. The van der Waals surface area contributed by atoms with E-state index in [1.54, 1.807) is 10.4 Å². The summed E-state index contributed by atoms with van der Waals surface area (Å²) in [4.78, 5) is 0.395. The Hall–Kier alpha value is -1.43. The fraction of sp³-hybridized carbons (Fsp3) is 0.412. The summed E-state index contributed by atoms with van der Waals surface area (Å²) in [6.07, 6.45) is 0.932. The third kappa shape index (κ3) is 2.89. The highest BCUT2D eigenvalue weighted by Gasteiger charge is 2.28. The number of hydrogen-bond acceptors (Lipinski definition) is 3. The maximum absolute atomic E-state index is 13.1. The van der Waals surface area contributed by atoms with Crippen molar-refractivity contribution in [3.63, 3.8) is 0 Å². The van der Waals surface area contributed by atoms with Crippen molar-refractivity contribution in [3.05, 3.63) is 42.5 Å². The molecule has 118 valence electrons. The van der Waals surface area contributed by atoms with Gasteiger partial charge in [-0.15, -0.1) is 0 Å². The summed E-state index contributed by atoms with van der Waals surface area (Å²) in [5, 5.41) is 1.73. The van der Waals surface area contributed by atoms with Gasteiger partial charge in [0.05, 0.1) is 11.5 Å². The summed E-state index contributed by atoms with van der Waals surface area (Å²) in [6.45, 7) is 4.28. The van der Waals surface area contributed by atoms with E-state index in [4.69, 9.17) is 4.74 Å². The molecule has 1 fully saturated rings. The minimum atomic E-state index is -3.49. The molecule has 0 spiro atoms. The number of sulfonamides is 1. The zero-order valence-electron chi connectivity index (χ0n) is 12.7. The molecular formula is C17H21NO3S. The van der Waals surface area contributed by atoms with Crippen LogP contribution in [0, 0.1) is 5.92 Å². The molecule has 0 amide bonds. The first kappa shape index (κ1) is 15.5. The lowest BCUT2D eigenvalue weighted by molar-refractivity contribution is 0.181. The first-order valence-electron chi connectivity index (χ1n) is 7.68. The lowest BCUT2D eigenvalue weighted by Gasteiger charge is -2.23. The Morgan fingerprint density at radius 3 is 2.68 bits per heavy atom. The molecule has 22 heavy (non-hydrogen) atoms. The van der Waals surface area contributed by atoms with Crippen molar-refractivity contribution in [1.29, 1.82) is 0 Å². The van der Waals surface area contributed by atoms with Crippen molar-refractivity contribution >= 4 is 20.8 Å². The normalized spacial score (nSPS) is 19.1. The van der Waals surface area contributed by atoms with Crippen LogP contribution in [0.25, 0.3) is 10.8 Å². The summed E-state index contributed by atoms with van der Waals surface area (Å²) in [6, 6.07) is 13.1. The molecule has 0 aliphatic carbocycles. The van der Waals surface area contributed by atoms with Crippen LogP contribution >= 0.6 is 0 Å². The van der Waals surface area contributed by atoms with Crippen molar-refractivity contribution in [3.8, 4) is 0 Å². The standard InChI is InChI=1S/C17H21NO3S/c1-2-18(12-14-10-11-21-13-14)22(19,20)17-9-5-7-15-6-3-4-8-16(15)17/h3-9,14H,2,10-13H2,1H3. The summed E-state index contributed by atoms with van der Waals surface area (Å²) >= 11 is 0. The van der Waals surface area contributed by atoms with Crippen molar-refractivity contribution < 1.29 is 13.2 Å². The SMILES string of the molecule is CCN(CC1CCOC1)S(=O)(=O)c1cccc2ccccc12. The van der Waals surface area contributed by atoms with Crippen molar-refractivity contribution in [2.75, 3.05) is 26.3 Å². The molecule has 1 saturated heterocycles. The van der Waals surface area contributed by atoms with Crippen LogP contribution in [-0.2, 0) is 14.8 Å². The highest BCUT2D eigenvalue weighted by atomic mass is 32.2. The molecule has 0 saturated carbocycles. The second-order valence-corrected chi connectivity index (χ2v) is 7.57. The van der Waals surface area contributed by atoms with E-state index >= 15 is 0 Å². The van der Waals surface area contributed by atoms with Crippen LogP contribution in [0.3, 0.4) is 0 Å². The smallest absolute Gasteiger partial charge is 0.243 e. The van der Waals surface area contributed by atoms with E-state index in [1.807, 2.05) is 43.3 Å². The number of nitrogens with zero attached hydrogens (tertiary/aromatic N) is 1. The third-order valence-corrected chi connectivity index (χ3v) is 6.20. The number of ether oxygens (including phenoxy) is 1. The van der Waals surface area contributed by atoms with Crippen LogP contribution in [0.15, 0.2) is 47.4 Å². The molecule has 1 heterocycles. The van der Waals surface area contributed by atoms with E-state index in [2.05, 4.69) is 0 Å². The van der Waals surface area contributed by atoms with Gasteiger partial charge in [0.15, 0.2) is 0 Å². The maximum Gasteiger partial charge on any atom is 0.243 e. The average molecular weight is 319 g/mol. The molecule has 0 aromatic heterocycles. The quantitative estimate of drug-likeness (QED) is 0.851. The van der Waals surface area contributed by atoms with E-state index in [9.17, 15) is 8.42 Å². The van der Waals surface area contributed by atoms with Crippen LogP contribution < -0.4 is 0 Å². The van der Waals surface area contributed by atoms with Crippen LogP contribution in [0.2, 0.25) is 0 Å². The Morgan fingerprint density at radius 2 is 1.95 bits per heavy atom. The minimum absolute atomic E-state index is 0.296. The maximum atomic E-state index is 13.1. The van der Waals surface area contributed by atoms with Gasteiger partial charge >= 0.3 is 0 Å². The van der Waals surface area contributed by atoms with Gasteiger partial charge in [-0.3, -0.25) is 0 Å². The minimum Gasteiger partial charge on any atom is -0.381 e. The van der Waals surface area contributed by atoms with Gasteiger partial charge in [-0.05, 0) is 23.8 Å². The lowest BCUT2D eigenvalue weighted by atomic mass is 10.1. The average Bonchev–Trinajstić information content (AvgIpc) is 3.05. The van der Waals surface area contributed by atoms with Crippen molar-refractivity contribution in [1.82, 2.24) is 4.31 Å². The van der Waals surface area contributed by atoms with Gasteiger partial charge in [0.2, 0.25) is 10.0 Å². The number of fused-ring (bicyclic) bond motifs is 1. The monoisotopic (exact) mass is 319 g/mol. The molecule has 0 radical (unpaired) electrons. The molecule has 1 atom stereocenters. The zero-order chi connectivity index (χ0) is 15.6. The summed E-state index contributed by atoms with van der Waals surface area (Å²) in [7, 11) is -3.49. The van der Waals surface area contributed by atoms with Gasteiger partial charge in [0.1, 0.15) is 0 Å². The Labute approximate surface area is 131 Å². The predicted octanol–water partition coefficient (Wildman–Crippen LogP) is 2.89. The molecule has 2 aromatic carbocycles. The molecule has 1 aliphatic heterocycles. The Balaban J connectivity index is 1.99. The Morgan fingerprint density at radius 1 is 1.18 bits per heavy atom. The lowest BCUT2D eigenvalue weighted by Crippen LogP contribution is -2.35. The molecule has 0 N–H and O–H groups in total. The molecule has 3 rings (SSSR count). The molecule has 0 bridgehead atoms. The summed E-state index contributed by atoms with van der Waals surface area (Å²) in [5.74, 6) is 0.296. The van der Waals surface area contributed by atoms with E-state index in [1.165, 1.54) is 0 Å². The molecular weight excluding hydrogens is 298 g/mol. The van der Waals surface area contributed by atoms with Gasteiger partial charge in [0, 0.05) is 25.1 Å². The second kappa shape index (κ2) is 6.36. The highest BCUT2D eigenvalue weighted by molar-refractivity contribution is 7.89. The number of rotatable bonds is 5.